The van der Waals surface area contributed by atoms with Gasteiger partial charge in [-0.3, -0.25) is 0 Å². The number of hydrogen-bond acceptors (Lipinski definition) is 0. The van der Waals surface area contributed by atoms with E-state index < -0.39 is 23.3 Å². The lowest BCUT2D eigenvalue weighted by Gasteiger charge is -2.22. The van der Waals surface area contributed by atoms with Gasteiger partial charge in [0.25, 0.3) is 0 Å². The smallest absolute Gasteiger partial charge is 0.166 e. The third kappa shape index (κ3) is 4.43. The summed E-state index contributed by atoms with van der Waals surface area (Å²) in [4.78, 5) is 0. The first-order valence-electron chi connectivity index (χ1n) is 10.7. The lowest BCUT2D eigenvalue weighted by molar-refractivity contribution is 0.417. The van der Waals surface area contributed by atoms with Gasteiger partial charge in [-0.1, -0.05) is 79.9 Å². The van der Waals surface area contributed by atoms with Crippen LogP contribution in [0.1, 0.15) is 60.3 Å². The SMILES string of the molecule is Cc1ccc(-c2ccc(C=Cc3ccc(C4CCCCC4)c(F)c3F)cc2)c(F)c1F. The normalized spacial score (nSPS) is 15.0. The van der Waals surface area contributed by atoms with Crippen LogP contribution in [-0.4, -0.2) is 0 Å². The van der Waals surface area contributed by atoms with Crippen molar-refractivity contribution in [1.82, 2.24) is 0 Å². The van der Waals surface area contributed by atoms with Gasteiger partial charge in [-0.05, 0) is 47.9 Å². The van der Waals surface area contributed by atoms with Crippen molar-refractivity contribution in [1.29, 1.82) is 0 Å². The molecular formula is C27H24F4. The van der Waals surface area contributed by atoms with Crippen molar-refractivity contribution in [3.05, 3.63) is 94.1 Å². The molecule has 1 fully saturated rings. The van der Waals surface area contributed by atoms with Gasteiger partial charge in [0.05, 0.1) is 0 Å². The highest BCUT2D eigenvalue weighted by molar-refractivity contribution is 5.72. The summed E-state index contributed by atoms with van der Waals surface area (Å²) in [5.74, 6) is -3.20. The minimum Gasteiger partial charge on any atom is -0.203 e. The molecule has 4 rings (SSSR count). The molecular weight excluding hydrogens is 400 g/mol. The largest absolute Gasteiger partial charge is 0.203 e. The van der Waals surface area contributed by atoms with Crippen molar-refractivity contribution in [3.8, 4) is 11.1 Å². The average Bonchev–Trinajstić information content (AvgIpc) is 2.80. The summed E-state index contributed by atoms with van der Waals surface area (Å²) in [6, 6.07) is 13.2. The molecule has 0 aromatic heterocycles. The van der Waals surface area contributed by atoms with Crippen molar-refractivity contribution < 1.29 is 17.6 Å². The minimum atomic E-state index is -0.876. The maximum Gasteiger partial charge on any atom is 0.166 e. The van der Waals surface area contributed by atoms with E-state index in [1.165, 1.54) is 19.1 Å². The summed E-state index contributed by atoms with van der Waals surface area (Å²) < 4.78 is 57.3. The van der Waals surface area contributed by atoms with Gasteiger partial charge >= 0.3 is 0 Å². The summed E-state index contributed by atoms with van der Waals surface area (Å²) in [6.45, 7) is 1.51. The molecule has 0 spiro atoms. The molecule has 0 radical (unpaired) electrons. The van der Waals surface area contributed by atoms with Gasteiger partial charge in [0.1, 0.15) is 0 Å². The summed E-state index contributed by atoms with van der Waals surface area (Å²) in [5.41, 5.74) is 2.39. The van der Waals surface area contributed by atoms with E-state index in [2.05, 4.69) is 0 Å². The highest BCUT2D eigenvalue weighted by atomic mass is 19.2. The quantitative estimate of drug-likeness (QED) is 0.291. The van der Waals surface area contributed by atoms with Crippen molar-refractivity contribution in [3.63, 3.8) is 0 Å². The van der Waals surface area contributed by atoms with Crippen LogP contribution in [0.25, 0.3) is 23.3 Å². The molecule has 0 unspecified atom stereocenters. The Hall–Kier alpha value is -2.88. The number of benzene rings is 3. The van der Waals surface area contributed by atoms with Crippen LogP contribution in [0.2, 0.25) is 0 Å². The zero-order valence-corrected chi connectivity index (χ0v) is 17.4. The molecule has 0 nitrogen and oxygen atoms in total. The summed E-state index contributed by atoms with van der Waals surface area (Å²) in [6.07, 6.45) is 8.29. The van der Waals surface area contributed by atoms with Gasteiger partial charge in [0.2, 0.25) is 0 Å². The third-order valence-corrected chi connectivity index (χ3v) is 6.14. The van der Waals surface area contributed by atoms with Gasteiger partial charge in [-0.2, -0.15) is 0 Å². The van der Waals surface area contributed by atoms with E-state index in [1.807, 2.05) is 0 Å². The number of aryl methyl sites for hydroxylation is 1. The summed E-state index contributed by atoms with van der Waals surface area (Å²) in [7, 11) is 0. The molecule has 0 bridgehead atoms. The van der Waals surface area contributed by atoms with E-state index >= 15 is 0 Å². The van der Waals surface area contributed by atoms with Crippen LogP contribution >= 0.6 is 0 Å². The topological polar surface area (TPSA) is 0 Å². The third-order valence-electron chi connectivity index (χ3n) is 6.14. The molecule has 0 heterocycles. The Labute approximate surface area is 180 Å². The Morgan fingerprint density at radius 1 is 0.677 bits per heavy atom. The maximum absolute atomic E-state index is 14.6. The Morgan fingerprint density at radius 2 is 1.39 bits per heavy atom. The first kappa shape index (κ1) is 21.4. The van der Waals surface area contributed by atoms with Crippen molar-refractivity contribution in [2.24, 2.45) is 0 Å². The predicted octanol–water partition coefficient (Wildman–Crippen LogP) is 8.44. The number of halogens is 4. The van der Waals surface area contributed by atoms with Crippen LogP contribution in [0.4, 0.5) is 17.6 Å². The molecule has 0 aliphatic heterocycles. The summed E-state index contributed by atoms with van der Waals surface area (Å²) >= 11 is 0. The van der Waals surface area contributed by atoms with Crippen LogP contribution in [0.5, 0.6) is 0 Å². The van der Waals surface area contributed by atoms with Crippen LogP contribution in [0.3, 0.4) is 0 Å². The van der Waals surface area contributed by atoms with E-state index in [0.29, 0.717) is 11.1 Å². The second-order valence-electron chi connectivity index (χ2n) is 8.22. The highest BCUT2D eigenvalue weighted by Crippen LogP contribution is 2.35. The van der Waals surface area contributed by atoms with Gasteiger partial charge in [-0.25, -0.2) is 17.6 Å². The van der Waals surface area contributed by atoms with E-state index in [0.717, 1.165) is 37.7 Å². The predicted molar refractivity (Wildman–Crippen MR) is 118 cm³/mol. The molecule has 4 heteroatoms. The Kier molecular flexibility index (Phi) is 6.26. The molecule has 0 saturated heterocycles. The summed E-state index contributed by atoms with van der Waals surface area (Å²) in [5, 5.41) is 0. The van der Waals surface area contributed by atoms with Crippen LogP contribution < -0.4 is 0 Å². The average molecular weight is 424 g/mol. The molecule has 160 valence electrons. The minimum absolute atomic E-state index is 0.0980. The van der Waals surface area contributed by atoms with Crippen molar-refractivity contribution in [2.45, 2.75) is 44.9 Å². The number of hydrogen-bond donors (Lipinski definition) is 0. The van der Waals surface area contributed by atoms with E-state index in [9.17, 15) is 17.6 Å². The lowest BCUT2D eigenvalue weighted by atomic mass is 9.83. The zero-order chi connectivity index (χ0) is 22.0. The highest BCUT2D eigenvalue weighted by Gasteiger charge is 2.21. The Morgan fingerprint density at radius 3 is 2.10 bits per heavy atom. The molecule has 1 aliphatic rings. The number of rotatable bonds is 4. The second kappa shape index (κ2) is 9.09. The zero-order valence-electron chi connectivity index (χ0n) is 17.4. The Bertz CT molecular complexity index is 1110. The van der Waals surface area contributed by atoms with E-state index in [-0.39, 0.29) is 22.6 Å². The second-order valence-corrected chi connectivity index (χ2v) is 8.22. The molecule has 0 N–H and O–H groups in total. The standard InChI is InChI=1S/C27H24F4/c1-17-7-15-22(26(30)24(17)28)20-11-8-18(9-12-20)10-13-21-14-16-23(27(31)25(21)29)19-5-3-2-4-6-19/h7-16,19H,2-6H2,1H3. The maximum atomic E-state index is 14.6. The van der Waals surface area contributed by atoms with E-state index in [4.69, 9.17) is 0 Å². The molecule has 1 saturated carbocycles. The first-order valence-corrected chi connectivity index (χ1v) is 10.7. The van der Waals surface area contributed by atoms with Crippen molar-refractivity contribution in [2.75, 3.05) is 0 Å². The van der Waals surface area contributed by atoms with Gasteiger partial charge < -0.3 is 0 Å². The van der Waals surface area contributed by atoms with E-state index in [1.54, 1.807) is 48.5 Å². The van der Waals surface area contributed by atoms with Crippen LogP contribution in [0, 0.1) is 30.2 Å². The molecule has 0 atom stereocenters. The van der Waals surface area contributed by atoms with Crippen LogP contribution in [0.15, 0.2) is 48.5 Å². The molecule has 0 amide bonds. The van der Waals surface area contributed by atoms with Gasteiger partial charge in [0.15, 0.2) is 23.3 Å². The van der Waals surface area contributed by atoms with Crippen LogP contribution in [-0.2, 0) is 0 Å². The fourth-order valence-corrected chi connectivity index (χ4v) is 4.27. The fourth-order valence-electron chi connectivity index (χ4n) is 4.27. The molecule has 1 aliphatic carbocycles. The lowest BCUT2D eigenvalue weighted by Crippen LogP contribution is -2.08. The molecule has 31 heavy (non-hydrogen) atoms. The van der Waals surface area contributed by atoms with Crippen molar-refractivity contribution >= 4 is 12.2 Å². The first-order chi connectivity index (χ1) is 15.0. The monoisotopic (exact) mass is 424 g/mol. The van der Waals surface area contributed by atoms with Gasteiger partial charge in [-0.15, -0.1) is 0 Å². The molecule has 3 aromatic rings. The Balaban J connectivity index is 1.54. The van der Waals surface area contributed by atoms with Gasteiger partial charge in [0, 0.05) is 11.1 Å². The molecule has 3 aromatic carbocycles. The fraction of sp³-hybridized carbons (Fsp3) is 0.259.